The number of morpholine rings is 1. The number of carbonyl (C=O) groups is 2. The largest absolute Gasteiger partial charge is 0.451 e. The second kappa shape index (κ2) is 2.28. The molecule has 1 saturated heterocycles. The van der Waals surface area contributed by atoms with Gasteiger partial charge in [0.25, 0.3) is 5.91 Å². The zero-order valence-electron chi connectivity index (χ0n) is 5.88. The van der Waals surface area contributed by atoms with E-state index in [1.807, 2.05) is 0 Å². The predicted molar refractivity (Wildman–Crippen MR) is 33.2 cm³/mol. The fraction of sp³-hybridized carbons (Fsp3) is 0.667. The molecule has 1 aliphatic rings. The summed E-state index contributed by atoms with van der Waals surface area (Å²) in [5.41, 5.74) is 0. The van der Waals surface area contributed by atoms with Crippen molar-refractivity contribution >= 4 is 11.9 Å². The molecule has 4 nitrogen and oxygen atoms in total. The van der Waals surface area contributed by atoms with E-state index in [-0.39, 0.29) is 11.9 Å². The van der Waals surface area contributed by atoms with Crippen LogP contribution in [0.2, 0.25) is 0 Å². The zero-order valence-corrected chi connectivity index (χ0v) is 5.88. The number of rotatable bonds is 0. The SMILES string of the molecule is CC1NC(=O)C(C)OC1=O. The van der Waals surface area contributed by atoms with Crippen LogP contribution in [0.15, 0.2) is 0 Å². The Bertz CT molecular complexity index is 158. The third kappa shape index (κ3) is 1.10. The molecular weight excluding hydrogens is 134 g/mol. The van der Waals surface area contributed by atoms with E-state index in [9.17, 15) is 9.59 Å². The molecule has 0 spiro atoms. The molecule has 1 amide bonds. The number of hydrogen-bond donors (Lipinski definition) is 1. The molecule has 4 heteroatoms. The van der Waals surface area contributed by atoms with Gasteiger partial charge in [0, 0.05) is 0 Å². The van der Waals surface area contributed by atoms with E-state index in [1.54, 1.807) is 13.8 Å². The maximum absolute atomic E-state index is 10.8. The minimum atomic E-state index is -0.635. The van der Waals surface area contributed by atoms with E-state index in [2.05, 4.69) is 10.1 Å². The molecule has 0 radical (unpaired) electrons. The van der Waals surface area contributed by atoms with Crippen LogP contribution in [0.1, 0.15) is 13.8 Å². The van der Waals surface area contributed by atoms with Crippen molar-refractivity contribution in [3.63, 3.8) is 0 Å². The van der Waals surface area contributed by atoms with E-state index in [4.69, 9.17) is 0 Å². The second-order valence-corrected chi connectivity index (χ2v) is 2.31. The standard InChI is InChI=1S/C6H9NO3/c1-3-6(9)10-4(2)5(8)7-3/h3-4H,1-2H3,(H,7,8). The van der Waals surface area contributed by atoms with Crippen LogP contribution >= 0.6 is 0 Å². The van der Waals surface area contributed by atoms with Gasteiger partial charge < -0.3 is 10.1 Å². The Morgan fingerprint density at radius 2 is 2.00 bits per heavy atom. The smallest absolute Gasteiger partial charge is 0.329 e. The van der Waals surface area contributed by atoms with Gasteiger partial charge in [0.1, 0.15) is 6.04 Å². The van der Waals surface area contributed by atoms with Crippen LogP contribution in [-0.2, 0) is 14.3 Å². The van der Waals surface area contributed by atoms with Gasteiger partial charge in [-0.15, -0.1) is 0 Å². The molecule has 1 heterocycles. The van der Waals surface area contributed by atoms with Gasteiger partial charge >= 0.3 is 5.97 Å². The number of ether oxygens (including phenoxy) is 1. The highest BCUT2D eigenvalue weighted by Crippen LogP contribution is 2.02. The van der Waals surface area contributed by atoms with Crippen molar-refractivity contribution in [3.8, 4) is 0 Å². The monoisotopic (exact) mass is 143 g/mol. The van der Waals surface area contributed by atoms with E-state index in [1.165, 1.54) is 0 Å². The lowest BCUT2D eigenvalue weighted by Gasteiger charge is -2.23. The Labute approximate surface area is 58.5 Å². The molecule has 0 aliphatic carbocycles. The Morgan fingerprint density at radius 3 is 2.50 bits per heavy atom. The first-order valence-electron chi connectivity index (χ1n) is 3.12. The Balaban J connectivity index is 2.63. The normalized spacial score (nSPS) is 33.0. The molecule has 1 fully saturated rings. The van der Waals surface area contributed by atoms with Crippen LogP contribution in [-0.4, -0.2) is 24.0 Å². The fourth-order valence-electron chi connectivity index (χ4n) is 0.719. The summed E-state index contributed by atoms with van der Waals surface area (Å²) < 4.78 is 4.66. The number of esters is 1. The summed E-state index contributed by atoms with van der Waals surface area (Å²) in [5, 5.41) is 2.47. The molecule has 2 atom stereocenters. The lowest BCUT2D eigenvalue weighted by atomic mass is 10.2. The van der Waals surface area contributed by atoms with Gasteiger partial charge in [0.15, 0.2) is 6.10 Å². The first-order chi connectivity index (χ1) is 4.61. The number of nitrogens with one attached hydrogen (secondary N) is 1. The van der Waals surface area contributed by atoms with Crippen LogP contribution in [0.25, 0.3) is 0 Å². The summed E-state index contributed by atoms with van der Waals surface area (Å²) in [6.45, 7) is 3.13. The summed E-state index contributed by atoms with van der Waals surface area (Å²) in [4.78, 5) is 21.5. The van der Waals surface area contributed by atoms with Gasteiger partial charge in [0.2, 0.25) is 0 Å². The highest BCUT2D eigenvalue weighted by Gasteiger charge is 2.29. The van der Waals surface area contributed by atoms with Gasteiger partial charge in [-0.2, -0.15) is 0 Å². The molecule has 0 bridgehead atoms. The molecule has 0 saturated carbocycles. The van der Waals surface area contributed by atoms with E-state index >= 15 is 0 Å². The van der Waals surface area contributed by atoms with Gasteiger partial charge in [-0.3, -0.25) is 4.79 Å². The quantitative estimate of drug-likeness (QED) is 0.462. The molecule has 1 rings (SSSR count). The van der Waals surface area contributed by atoms with Crippen LogP contribution in [0.5, 0.6) is 0 Å². The van der Waals surface area contributed by atoms with Crippen molar-refractivity contribution in [3.05, 3.63) is 0 Å². The Hall–Kier alpha value is -1.06. The topological polar surface area (TPSA) is 55.4 Å². The van der Waals surface area contributed by atoms with Crippen LogP contribution < -0.4 is 5.32 Å². The lowest BCUT2D eigenvalue weighted by molar-refractivity contribution is -0.163. The zero-order chi connectivity index (χ0) is 7.72. The molecule has 0 aromatic carbocycles. The first kappa shape index (κ1) is 7.05. The summed E-state index contributed by atoms with van der Waals surface area (Å²) in [6, 6.07) is -0.497. The van der Waals surface area contributed by atoms with E-state index in [0.29, 0.717) is 0 Å². The number of carbonyl (C=O) groups excluding carboxylic acids is 2. The van der Waals surface area contributed by atoms with Crippen LogP contribution in [0.3, 0.4) is 0 Å². The molecule has 56 valence electrons. The Morgan fingerprint density at radius 1 is 1.40 bits per heavy atom. The van der Waals surface area contributed by atoms with Crippen molar-refractivity contribution in [1.82, 2.24) is 5.32 Å². The highest BCUT2D eigenvalue weighted by atomic mass is 16.6. The molecule has 10 heavy (non-hydrogen) atoms. The molecule has 0 aromatic heterocycles. The lowest BCUT2D eigenvalue weighted by Crippen LogP contribution is -2.51. The van der Waals surface area contributed by atoms with Gasteiger partial charge in [-0.1, -0.05) is 0 Å². The summed E-state index contributed by atoms with van der Waals surface area (Å²) in [7, 11) is 0. The third-order valence-corrected chi connectivity index (χ3v) is 1.37. The maximum Gasteiger partial charge on any atom is 0.329 e. The maximum atomic E-state index is 10.8. The minimum Gasteiger partial charge on any atom is -0.451 e. The average Bonchev–Trinajstić information content (AvgIpc) is 1.84. The molecular formula is C6H9NO3. The summed E-state index contributed by atoms with van der Waals surface area (Å²) in [5.74, 6) is -0.598. The molecule has 0 aromatic rings. The van der Waals surface area contributed by atoms with Gasteiger partial charge in [-0.25, -0.2) is 4.79 Å². The highest BCUT2D eigenvalue weighted by molar-refractivity contribution is 5.91. The first-order valence-corrected chi connectivity index (χ1v) is 3.12. The van der Waals surface area contributed by atoms with Gasteiger partial charge in [0.05, 0.1) is 0 Å². The van der Waals surface area contributed by atoms with Crippen molar-refractivity contribution in [1.29, 1.82) is 0 Å². The van der Waals surface area contributed by atoms with Crippen LogP contribution in [0.4, 0.5) is 0 Å². The molecule has 1 N–H and O–H groups in total. The minimum absolute atomic E-state index is 0.230. The van der Waals surface area contributed by atoms with Crippen LogP contribution in [0, 0.1) is 0 Å². The van der Waals surface area contributed by atoms with Crippen molar-refractivity contribution in [2.24, 2.45) is 0 Å². The average molecular weight is 143 g/mol. The van der Waals surface area contributed by atoms with Crippen molar-refractivity contribution in [2.75, 3.05) is 0 Å². The van der Waals surface area contributed by atoms with Crippen molar-refractivity contribution < 1.29 is 14.3 Å². The fourth-order valence-corrected chi connectivity index (χ4v) is 0.719. The number of amides is 1. The van der Waals surface area contributed by atoms with Crippen molar-refractivity contribution in [2.45, 2.75) is 26.0 Å². The number of hydrogen-bond acceptors (Lipinski definition) is 3. The second-order valence-electron chi connectivity index (χ2n) is 2.31. The Kier molecular flexibility index (Phi) is 1.61. The van der Waals surface area contributed by atoms with E-state index < -0.39 is 12.1 Å². The summed E-state index contributed by atoms with van der Waals surface area (Å²) in [6.07, 6.45) is -0.635. The summed E-state index contributed by atoms with van der Waals surface area (Å²) >= 11 is 0. The van der Waals surface area contributed by atoms with Gasteiger partial charge in [-0.05, 0) is 13.8 Å². The third-order valence-electron chi connectivity index (χ3n) is 1.37. The molecule has 1 aliphatic heterocycles. The molecule has 2 unspecified atom stereocenters. The predicted octanol–water partition coefficient (Wildman–Crippen LogP) is -0.564. The number of cyclic esters (lactones) is 1. The van der Waals surface area contributed by atoms with E-state index in [0.717, 1.165) is 0 Å².